The fourth-order valence-electron chi connectivity index (χ4n) is 2.44. The smallest absolute Gasteiger partial charge is 0.251 e. The molecule has 134 valence electrons. The zero-order valence-electron chi connectivity index (χ0n) is 14.8. The fourth-order valence-corrected chi connectivity index (χ4v) is 2.94. The highest BCUT2D eigenvalue weighted by Crippen LogP contribution is 2.17. The third-order valence-electron chi connectivity index (χ3n) is 4.06. The van der Waals surface area contributed by atoms with E-state index < -0.39 is 10.0 Å². The van der Waals surface area contributed by atoms with Gasteiger partial charge in [-0.1, -0.05) is 36.4 Å². The fraction of sp³-hybridized carbons (Fsp3) is 0.316. The summed E-state index contributed by atoms with van der Waals surface area (Å²) in [5, 5.41) is 2.96. The third kappa shape index (κ3) is 5.60. The molecule has 1 amide bonds. The number of rotatable bonds is 7. The minimum atomic E-state index is -3.36. The van der Waals surface area contributed by atoms with Gasteiger partial charge in [-0.15, -0.1) is 0 Å². The number of aryl methyl sites for hydroxylation is 1. The number of carbonyl (C=O) groups excluding carboxylic acids is 1. The van der Waals surface area contributed by atoms with E-state index in [9.17, 15) is 13.2 Å². The Balaban J connectivity index is 1.98. The van der Waals surface area contributed by atoms with E-state index in [0.29, 0.717) is 11.3 Å². The summed E-state index contributed by atoms with van der Waals surface area (Å²) in [4.78, 5) is 12.4. The number of anilines is 1. The van der Waals surface area contributed by atoms with Gasteiger partial charge in [-0.3, -0.25) is 9.10 Å². The molecule has 0 spiro atoms. The topological polar surface area (TPSA) is 66.5 Å². The van der Waals surface area contributed by atoms with Crippen molar-refractivity contribution in [2.75, 3.05) is 17.6 Å². The minimum Gasteiger partial charge on any atom is -0.350 e. The molecule has 1 N–H and O–H groups in total. The molecule has 0 saturated carbocycles. The van der Waals surface area contributed by atoms with E-state index in [1.165, 1.54) is 12.6 Å². The molecule has 0 aromatic heterocycles. The van der Waals surface area contributed by atoms with Crippen LogP contribution in [0, 0.1) is 0 Å². The Labute approximate surface area is 149 Å². The van der Waals surface area contributed by atoms with Crippen molar-refractivity contribution < 1.29 is 13.2 Å². The number of nitrogens with one attached hydrogen (secondary N) is 1. The van der Waals surface area contributed by atoms with Gasteiger partial charge < -0.3 is 5.32 Å². The van der Waals surface area contributed by atoms with E-state index in [-0.39, 0.29) is 11.9 Å². The normalized spacial score (nSPS) is 12.4. The van der Waals surface area contributed by atoms with Gasteiger partial charge in [0.15, 0.2) is 0 Å². The lowest BCUT2D eigenvalue weighted by Gasteiger charge is -2.18. The maximum Gasteiger partial charge on any atom is 0.251 e. The van der Waals surface area contributed by atoms with Crippen LogP contribution in [0.1, 0.15) is 29.3 Å². The Hall–Kier alpha value is -2.34. The molecule has 1 atom stereocenters. The average Bonchev–Trinajstić information content (AvgIpc) is 2.59. The Kier molecular flexibility index (Phi) is 6.20. The maximum absolute atomic E-state index is 12.4. The van der Waals surface area contributed by atoms with Gasteiger partial charge in [-0.2, -0.15) is 0 Å². The standard InChI is InChI=1S/C19H24N2O3S/c1-15(12-13-16-8-5-4-6-9-16)20-19(22)17-10-7-11-18(14-17)21(2)25(3,23)24/h4-11,14-15H,12-13H2,1-3H3,(H,20,22). The van der Waals surface area contributed by atoms with E-state index in [4.69, 9.17) is 0 Å². The summed E-state index contributed by atoms with van der Waals surface area (Å²) in [6.07, 6.45) is 2.85. The van der Waals surface area contributed by atoms with E-state index in [0.717, 1.165) is 23.4 Å². The van der Waals surface area contributed by atoms with Crippen LogP contribution in [-0.4, -0.2) is 33.7 Å². The molecule has 0 aliphatic rings. The van der Waals surface area contributed by atoms with Gasteiger partial charge >= 0.3 is 0 Å². The molecule has 2 aromatic carbocycles. The molecule has 0 heterocycles. The van der Waals surface area contributed by atoms with Gasteiger partial charge in [0, 0.05) is 18.7 Å². The summed E-state index contributed by atoms with van der Waals surface area (Å²) < 4.78 is 24.4. The lowest BCUT2D eigenvalue weighted by atomic mass is 10.1. The molecule has 2 rings (SSSR count). The van der Waals surface area contributed by atoms with Crippen molar-refractivity contribution in [3.8, 4) is 0 Å². The van der Waals surface area contributed by atoms with Crippen molar-refractivity contribution in [2.45, 2.75) is 25.8 Å². The molecular weight excluding hydrogens is 336 g/mol. The third-order valence-corrected chi connectivity index (χ3v) is 5.26. The molecule has 0 aliphatic carbocycles. The molecule has 1 unspecified atom stereocenters. The van der Waals surface area contributed by atoms with E-state index >= 15 is 0 Å². The Morgan fingerprint density at radius 1 is 1.12 bits per heavy atom. The first-order chi connectivity index (χ1) is 11.8. The second-order valence-electron chi connectivity index (χ2n) is 6.18. The number of nitrogens with zero attached hydrogens (tertiary/aromatic N) is 1. The predicted molar refractivity (Wildman–Crippen MR) is 101 cm³/mol. The van der Waals surface area contributed by atoms with Crippen LogP contribution in [0.25, 0.3) is 0 Å². The molecule has 6 heteroatoms. The van der Waals surface area contributed by atoms with Crippen molar-refractivity contribution in [3.05, 3.63) is 65.7 Å². The molecule has 0 radical (unpaired) electrons. The van der Waals surface area contributed by atoms with Crippen molar-refractivity contribution >= 4 is 21.6 Å². The zero-order valence-corrected chi connectivity index (χ0v) is 15.6. The summed E-state index contributed by atoms with van der Waals surface area (Å²) in [5.41, 5.74) is 2.15. The van der Waals surface area contributed by atoms with Gasteiger partial charge in [0.2, 0.25) is 10.0 Å². The van der Waals surface area contributed by atoms with Gasteiger partial charge in [-0.05, 0) is 43.5 Å². The van der Waals surface area contributed by atoms with Crippen LogP contribution in [0.4, 0.5) is 5.69 Å². The quantitative estimate of drug-likeness (QED) is 0.826. The summed E-state index contributed by atoms with van der Waals surface area (Å²) in [6.45, 7) is 1.97. The van der Waals surface area contributed by atoms with Gasteiger partial charge in [0.05, 0.1) is 11.9 Å². The molecule has 2 aromatic rings. The van der Waals surface area contributed by atoms with Crippen LogP contribution in [0.5, 0.6) is 0 Å². The number of sulfonamides is 1. The SMILES string of the molecule is CC(CCc1ccccc1)NC(=O)c1cccc(N(C)S(C)(=O)=O)c1. The summed E-state index contributed by atoms with van der Waals surface area (Å²) >= 11 is 0. The van der Waals surface area contributed by atoms with Crippen LogP contribution < -0.4 is 9.62 Å². The minimum absolute atomic E-state index is 0.0176. The van der Waals surface area contributed by atoms with Crippen molar-refractivity contribution in [1.82, 2.24) is 5.32 Å². The first-order valence-electron chi connectivity index (χ1n) is 8.16. The molecule has 0 aliphatic heterocycles. The van der Waals surface area contributed by atoms with Crippen LogP contribution in [-0.2, 0) is 16.4 Å². The van der Waals surface area contributed by atoms with Crippen molar-refractivity contribution in [3.63, 3.8) is 0 Å². The number of amides is 1. The highest BCUT2D eigenvalue weighted by molar-refractivity contribution is 7.92. The molecular formula is C19H24N2O3S. The Bertz CT molecular complexity index is 820. The molecule has 0 bridgehead atoms. The second kappa shape index (κ2) is 8.16. The lowest BCUT2D eigenvalue weighted by molar-refractivity contribution is 0.0938. The van der Waals surface area contributed by atoms with Crippen LogP contribution in [0.3, 0.4) is 0 Å². The zero-order chi connectivity index (χ0) is 18.4. The number of hydrogen-bond donors (Lipinski definition) is 1. The molecule has 0 fully saturated rings. The van der Waals surface area contributed by atoms with Gasteiger partial charge in [0.1, 0.15) is 0 Å². The number of hydrogen-bond acceptors (Lipinski definition) is 3. The van der Waals surface area contributed by atoms with Crippen LogP contribution in [0.15, 0.2) is 54.6 Å². The maximum atomic E-state index is 12.4. The van der Waals surface area contributed by atoms with Gasteiger partial charge in [0.25, 0.3) is 5.91 Å². The van der Waals surface area contributed by atoms with E-state index in [1.54, 1.807) is 24.3 Å². The summed E-state index contributed by atoms with van der Waals surface area (Å²) in [7, 11) is -1.89. The summed E-state index contributed by atoms with van der Waals surface area (Å²) in [5.74, 6) is -0.204. The highest BCUT2D eigenvalue weighted by Gasteiger charge is 2.15. The van der Waals surface area contributed by atoms with Crippen LogP contribution in [0.2, 0.25) is 0 Å². The monoisotopic (exact) mass is 360 g/mol. The van der Waals surface area contributed by atoms with Crippen molar-refractivity contribution in [2.24, 2.45) is 0 Å². The first-order valence-corrected chi connectivity index (χ1v) is 10.0. The molecule has 25 heavy (non-hydrogen) atoms. The van der Waals surface area contributed by atoms with E-state index in [1.807, 2.05) is 25.1 Å². The average molecular weight is 360 g/mol. The largest absolute Gasteiger partial charge is 0.350 e. The summed E-state index contributed by atoms with van der Waals surface area (Å²) in [6, 6.07) is 16.7. The van der Waals surface area contributed by atoms with Gasteiger partial charge in [-0.25, -0.2) is 8.42 Å². The lowest BCUT2D eigenvalue weighted by Crippen LogP contribution is -2.33. The predicted octanol–water partition coefficient (Wildman–Crippen LogP) is 2.83. The Morgan fingerprint density at radius 3 is 2.44 bits per heavy atom. The number of benzene rings is 2. The van der Waals surface area contributed by atoms with E-state index in [2.05, 4.69) is 17.4 Å². The Morgan fingerprint density at radius 2 is 1.80 bits per heavy atom. The molecule has 0 saturated heterocycles. The molecule has 5 nitrogen and oxygen atoms in total. The highest BCUT2D eigenvalue weighted by atomic mass is 32.2. The van der Waals surface area contributed by atoms with Crippen molar-refractivity contribution in [1.29, 1.82) is 0 Å². The second-order valence-corrected chi connectivity index (χ2v) is 8.19. The number of carbonyl (C=O) groups is 1. The van der Waals surface area contributed by atoms with Crippen LogP contribution >= 0.6 is 0 Å². The first kappa shape index (κ1) is 19.0.